The third-order valence-corrected chi connectivity index (χ3v) is 2.92. The highest BCUT2D eigenvalue weighted by Crippen LogP contribution is 2.24. The first-order valence-electron chi connectivity index (χ1n) is 6.75. The monoisotopic (exact) mass is 313 g/mol. The van der Waals surface area contributed by atoms with Crippen LogP contribution in [0, 0.1) is 6.92 Å². The summed E-state index contributed by atoms with van der Waals surface area (Å²) < 4.78 is 0. The number of carbonyl (C=O) groups excluding carboxylic acids is 2. The molecule has 6 heteroatoms. The molecule has 0 saturated heterocycles. The first kappa shape index (κ1) is 19.4. The Morgan fingerprint density at radius 2 is 1.71 bits per heavy atom. The Morgan fingerprint density at radius 3 is 2.19 bits per heavy atom. The number of benzene rings is 1. The largest absolute Gasteiger partial charge is 0.326 e. The van der Waals surface area contributed by atoms with Crippen molar-refractivity contribution in [1.29, 1.82) is 0 Å². The van der Waals surface area contributed by atoms with Gasteiger partial charge in [0.2, 0.25) is 11.8 Å². The van der Waals surface area contributed by atoms with Crippen LogP contribution >= 0.6 is 12.4 Å². The maximum Gasteiger partial charge on any atom is 0.243 e. The van der Waals surface area contributed by atoms with Gasteiger partial charge in [0.25, 0.3) is 0 Å². The Balaban J connectivity index is 0.00000400. The van der Waals surface area contributed by atoms with E-state index in [0.29, 0.717) is 17.8 Å². The first-order valence-corrected chi connectivity index (χ1v) is 6.75. The van der Waals surface area contributed by atoms with Gasteiger partial charge in [-0.25, -0.2) is 0 Å². The van der Waals surface area contributed by atoms with E-state index in [4.69, 9.17) is 5.73 Å². The van der Waals surface area contributed by atoms with Gasteiger partial charge in [0, 0.05) is 17.8 Å². The van der Waals surface area contributed by atoms with Crippen molar-refractivity contribution in [1.82, 2.24) is 0 Å². The lowest BCUT2D eigenvalue weighted by Gasteiger charge is -2.20. The fraction of sp³-hybridized carbons (Fsp3) is 0.467. The van der Waals surface area contributed by atoms with E-state index < -0.39 is 5.54 Å². The number of anilines is 2. The van der Waals surface area contributed by atoms with Crippen molar-refractivity contribution < 1.29 is 9.59 Å². The van der Waals surface area contributed by atoms with Gasteiger partial charge in [-0.2, -0.15) is 0 Å². The molecular weight excluding hydrogens is 290 g/mol. The minimum absolute atomic E-state index is 0. The van der Waals surface area contributed by atoms with E-state index in [0.717, 1.165) is 12.0 Å². The summed E-state index contributed by atoms with van der Waals surface area (Å²) in [6.45, 7) is 7.09. The Kier molecular flexibility index (Phi) is 7.39. The molecule has 0 aliphatic heterocycles. The van der Waals surface area contributed by atoms with Crippen LogP contribution in [0.1, 0.15) is 39.2 Å². The minimum Gasteiger partial charge on any atom is -0.326 e. The predicted molar refractivity (Wildman–Crippen MR) is 88.9 cm³/mol. The number of nitrogens with one attached hydrogen (secondary N) is 2. The molecule has 0 heterocycles. The Bertz CT molecular complexity index is 510. The number of nitrogens with two attached hydrogens (primary N) is 1. The first-order chi connectivity index (χ1) is 9.25. The summed E-state index contributed by atoms with van der Waals surface area (Å²) in [5, 5.41) is 5.62. The minimum atomic E-state index is -0.950. The highest BCUT2D eigenvalue weighted by atomic mass is 35.5. The molecule has 4 N–H and O–H groups in total. The molecule has 0 fully saturated rings. The SMILES string of the molecule is CCCC(=O)Nc1cccc(NC(=O)C(C)(C)N)c1C.Cl. The van der Waals surface area contributed by atoms with E-state index in [-0.39, 0.29) is 24.2 Å². The molecule has 21 heavy (non-hydrogen) atoms. The molecule has 2 amide bonds. The van der Waals surface area contributed by atoms with E-state index in [1.807, 2.05) is 19.9 Å². The summed E-state index contributed by atoms with van der Waals surface area (Å²) in [6, 6.07) is 5.38. The molecule has 0 spiro atoms. The van der Waals surface area contributed by atoms with Gasteiger partial charge in [-0.3, -0.25) is 9.59 Å². The smallest absolute Gasteiger partial charge is 0.243 e. The molecule has 1 rings (SSSR count). The lowest BCUT2D eigenvalue weighted by molar-refractivity contribution is -0.120. The van der Waals surface area contributed by atoms with Crippen molar-refractivity contribution in [3.63, 3.8) is 0 Å². The fourth-order valence-electron chi connectivity index (χ4n) is 1.63. The molecule has 0 aliphatic rings. The van der Waals surface area contributed by atoms with Crippen LogP contribution in [0.2, 0.25) is 0 Å². The van der Waals surface area contributed by atoms with Crippen LogP contribution < -0.4 is 16.4 Å². The highest BCUT2D eigenvalue weighted by molar-refractivity contribution is 5.99. The summed E-state index contributed by atoms with van der Waals surface area (Å²) in [7, 11) is 0. The van der Waals surface area contributed by atoms with E-state index >= 15 is 0 Å². The number of hydrogen-bond donors (Lipinski definition) is 3. The standard InChI is InChI=1S/C15H23N3O2.ClH/c1-5-7-13(19)17-11-8-6-9-12(10(11)2)18-14(20)15(3,4)16;/h6,8-9H,5,7,16H2,1-4H3,(H,17,19)(H,18,20);1H. The highest BCUT2D eigenvalue weighted by Gasteiger charge is 2.22. The number of hydrogen-bond acceptors (Lipinski definition) is 3. The van der Waals surface area contributed by atoms with Crippen LogP contribution in [0.25, 0.3) is 0 Å². The second-order valence-corrected chi connectivity index (χ2v) is 5.45. The second-order valence-electron chi connectivity index (χ2n) is 5.45. The summed E-state index contributed by atoms with van der Waals surface area (Å²) in [5.74, 6) is -0.295. The van der Waals surface area contributed by atoms with Crippen LogP contribution in [0.5, 0.6) is 0 Å². The molecule has 0 unspecified atom stereocenters. The summed E-state index contributed by atoms with van der Waals surface area (Å²) in [4.78, 5) is 23.5. The van der Waals surface area contributed by atoms with E-state index in [1.165, 1.54) is 0 Å². The molecule has 118 valence electrons. The van der Waals surface area contributed by atoms with Crippen molar-refractivity contribution in [3.8, 4) is 0 Å². The van der Waals surface area contributed by atoms with Gasteiger partial charge in [0.15, 0.2) is 0 Å². The summed E-state index contributed by atoms with van der Waals surface area (Å²) in [5.41, 5.74) is 6.98. The molecule has 0 saturated carbocycles. The van der Waals surface area contributed by atoms with Gasteiger partial charge in [0.05, 0.1) is 5.54 Å². The lowest BCUT2D eigenvalue weighted by Crippen LogP contribution is -2.45. The third kappa shape index (κ3) is 5.73. The Hall–Kier alpha value is -1.59. The quantitative estimate of drug-likeness (QED) is 0.781. The van der Waals surface area contributed by atoms with E-state index in [2.05, 4.69) is 10.6 Å². The van der Waals surface area contributed by atoms with E-state index in [9.17, 15) is 9.59 Å². The van der Waals surface area contributed by atoms with Gasteiger partial charge < -0.3 is 16.4 Å². The molecule has 0 atom stereocenters. The maximum atomic E-state index is 11.9. The van der Waals surface area contributed by atoms with Crippen LogP contribution in [-0.2, 0) is 9.59 Å². The lowest BCUT2D eigenvalue weighted by atomic mass is 10.1. The van der Waals surface area contributed by atoms with Crippen molar-refractivity contribution >= 4 is 35.6 Å². The number of amides is 2. The van der Waals surface area contributed by atoms with Gasteiger partial charge in [-0.15, -0.1) is 12.4 Å². The van der Waals surface area contributed by atoms with Crippen LogP contribution in [0.4, 0.5) is 11.4 Å². The normalized spacial score (nSPS) is 10.5. The molecule has 0 aromatic heterocycles. The van der Waals surface area contributed by atoms with Crippen LogP contribution in [-0.4, -0.2) is 17.4 Å². The van der Waals surface area contributed by atoms with Gasteiger partial charge in [0.1, 0.15) is 0 Å². The zero-order valence-corrected chi connectivity index (χ0v) is 13.8. The van der Waals surface area contributed by atoms with Crippen LogP contribution in [0.15, 0.2) is 18.2 Å². The number of halogens is 1. The molecule has 1 aromatic rings. The summed E-state index contributed by atoms with van der Waals surface area (Å²) in [6.07, 6.45) is 1.27. The third-order valence-electron chi connectivity index (χ3n) is 2.92. The van der Waals surface area contributed by atoms with Crippen molar-refractivity contribution in [2.24, 2.45) is 5.73 Å². The number of rotatable bonds is 5. The predicted octanol–water partition coefficient (Wildman–Crippen LogP) is 2.83. The van der Waals surface area contributed by atoms with Crippen LogP contribution in [0.3, 0.4) is 0 Å². The van der Waals surface area contributed by atoms with Crippen molar-refractivity contribution in [3.05, 3.63) is 23.8 Å². The van der Waals surface area contributed by atoms with Gasteiger partial charge >= 0.3 is 0 Å². The molecule has 0 bridgehead atoms. The molecule has 1 aromatic carbocycles. The molecule has 0 radical (unpaired) electrons. The van der Waals surface area contributed by atoms with Gasteiger partial charge in [-0.1, -0.05) is 13.0 Å². The number of carbonyl (C=O) groups is 2. The Labute approximate surface area is 132 Å². The average molecular weight is 314 g/mol. The maximum absolute atomic E-state index is 11.9. The Morgan fingerprint density at radius 1 is 1.19 bits per heavy atom. The van der Waals surface area contributed by atoms with E-state index in [1.54, 1.807) is 26.0 Å². The zero-order chi connectivity index (χ0) is 15.3. The van der Waals surface area contributed by atoms with Gasteiger partial charge in [-0.05, 0) is 44.9 Å². The zero-order valence-electron chi connectivity index (χ0n) is 12.9. The molecular formula is C15H24ClN3O2. The second kappa shape index (κ2) is 8.00. The van der Waals surface area contributed by atoms with Crippen molar-refractivity contribution in [2.75, 3.05) is 10.6 Å². The average Bonchev–Trinajstić information content (AvgIpc) is 2.33. The van der Waals surface area contributed by atoms with Crippen molar-refractivity contribution in [2.45, 2.75) is 46.1 Å². The topological polar surface area (TPSA) is 84.2 Å². The fourth-order valence-corrected chi connectivity index (χ4v) is 1.63. The molecule has 0 aliphatic carbocycles. The molecule has 5 nitrogen and oxygen atoms in total. The summed E-state index contributed by atoms with van der Waals surface area (Å²) >= 11 is 0.